The molecular formula is C17H36N4O. The van der Waals surface area contributed by atoms with Crippen LogP contribution in [0.25, 0.3) is 0 Å². The topological polar surface area (TPSA) is 40.1 Å². The molecule has 1 unspecified atom stereocenters. The Morgan fingerprint density at radius 2 is 2.00 bits per heavy atom. The fourth-order valence-electron chi connectivity index (χ4n) is 2.74. The highest BCUT2D eigenvalue weighted by Gasteiger charge is 2.21. The molecule has 0 amide bonds. The third-order valence-corrected chi connectivity index (χ3v) is 4.54. The van der Waals surface area contributed by atoms with Gasteiger partial charge in [-0.05, 0) is 47.1 Å². The van der Waals surface area contributed by atoms with Gasteiger partial charge in [0.25, 0.3) is 0 Å². The predicted molar refractivity (Wildman–Crippen MR) is 94.6 cm³/mol. The number of hydrogen-bond donors (Lipinski definition) is 1. The zero-order valence-electron chi connectivity index (χ0n) is 15.3. The minimum atomic E-state index is 0.431. The summed E-state index contributed by atoms with van der Waals surface area (Å²) in [4.78, 5) is 9.57. The zero-order chi connectivity index (χ0) is 16.4. The van der Waals surface area contributed by atoms with Gasteiger partial charge in [-0.3, -0.25) is 4.99 Å². The molecule has 1 N–H and O–H groups in total. The Balaban J connectivity index is 2.45. The second kappa shape index (κ2) is 10.8. The Kier molecular flexibility index (Phi) is 9.48. The molecule has 1 fully saturated rings. The fraction of sp³-hybridized carbons (Fsp3) is 0.941. The van der Waals surface area contributed by atoms with Crippen LogP contribution in [-0.2, 0) is 4.74 Å². The molecule has 5 nitrogen and oxygen atoms in total. The van der Waals surface area contributed by atoms with E-state index in [0.717, 1.165) is 58.1 Å². The first kappa shape index (κ1) is 19.2. The van der Waals surface area contributed by atoms with Crippen molar-refractivity contribution in [2.24, 2.45) is 4.99 Å². The predicted octanol–water partition coefficient (Wildman–Crippen LogP) is 2.18. The normalized spacial score (nSPS) is 18.8. The van der Waals surface area contributed by atoms with Gasteiger partial charge >= 0.3 is 0 Å². The number of likely N-dealkylation sites (N-methyl/N-ethyl adjacent to an activating group) is 1. The average Bonchev–Trinajstić information content (AvgIpc) is 2.54. The van der Waals surface area contributed by atoms with E-state index in [1.165, 1.54) is 6.42 Å². The molecule has 0 spiro atoms. The summed E-state index contributed by atoms with van der Waals surface area (Å²) < 4.78 is 5.73. The van der Waals surface area contributed by atoms with Gasteiger partial charge in [0.05, 0.1) is 12.6 Å². The SMILES string of the molecule is CCNC(=NCCN(C)C(C)CC)N1CCC(OCC)CC1. The zero-order valence-corrected chi connectivity index (χ0v) is 15.3. The van der Waals surface area contributed by atoms with Gasteiger partial charge in [-0.1, -0.05) is 6.92 Å². The summed E-state index contributed by atoms with van der Waals surface area (Å²) in [6, 6.07) is 0.625. The Labute approximate surface area is 137 Å². The van der Waals surface area contributed by atoms with Crippen molar-refractivity contribution < 1.29 is 4.74 Å². The summed E-state index contributed by atoms with van der Waals surface area (Å²) >= 11 is 0. The molecular weight excluding hydrogens is 276 g/mol. The number of guanidine groups is 1. The van der Waals surface area contributed by atoms with Crippen LogP contribution in [0.5, 0.6) is 0 Å². The van der Waals surface area contributed by atoms with Gasteiger partial charge in [0.1, 0.15) is 0 Å². The second-order valence-electron chi connectivity index (χ2n) is 6.12. The lowest BCUT2D eigenvalue weighted by atomic mass is 10.1. The Morgan fingerprint density at radius 3 is 2.55 bits per heavy atom. The molecule has 0 bridgehead atoms. The number of nitrogens with zero attached hydrogens (tertiary/aromatic N) is 3. The number of aliphatic imine (C=N–C) groups is 1. The maximum atomic E-state index is 5.73. The molecule has 22 heavy (non-hydrogen) atoms. The highest BCUT2D eigenvalue weighted by atomic mass is 16.5. The van der Waals surface area contributed by atoms with E-state index < -0.39 is 0 Å². The summed E-state index contributed by atoms with van der Waals surface area (Å²) in [6.45, 7) is 14.4. The first-order chi connectivity index (χ1) is 10.6. The molecule has 1 atom stereocenters. The number of rotatable bonds is 8. The fourth-order valence-corrected chi connectivity index (χ4v) is 2.74. The van der Waals surface area contributed by atoms with Gasteiger partial charge in [-0.25, -0.2) is 0 Å². The van der Waals surface area contributed by atoms with Crippen molar-refractivity contribution in [2.75, 3.05) is 46.4 Å². The summed E-state index contributed by atoms with van der Waals surface area (Å²) in [5, 5.41) is 3.43. The number of piperidine rings is 1. The van der Waals surface area contributed by atoms with Gasteiger partial charge in [-0.15, -0.1) is 0 Å². The van der Waals surface area contributed by atoms with Gasteiger partial charge in [0.15, 0.2) is 5.96 Å². The van der Waals surface area contributed by atoms with Crippen molar-refractivity contribution in [1.82, 2.24) is 15.1 Å². The van der Waals surface area contributed by atoms with Crippen LogP contribution in [-0.4, -0.2) is 74.3 Å². The standard InChI is InChI=1S/C17H36N4O/c1-6-15(4)20(5)14-11-19-17(18-7-2)21-12-9-16(10-13-21)22-8-3/h15-16H,6-14H2,1-5H3,(H,18,19). The van der Waals surface area contributed by atoms with Crippen molar-refractivity contribution in [3.05, 3.63) is 0 Å². The van der Waals surface area contributed by atoms with E-state index in [-0.39, 0.29) is 0 Å². The van der Waals surface area contributed by atoms with E-state index >= 15 is 0 Å². The van der Waals surface area contributed by atoms with Crippen molar-refractivity contribution in [3.8, 4) is 0 Å². The lowest BCUT2D eigenvalue weighted by Gasteiger charge is -2.34. The van der Waals surface area contributed by atoms with Gasteiger partial charge < -0.3 is 19.9 Å². The van der Waals surface area contributed by atoms with E-state index in [4.69, 9.17) is 9.73 Å². The highest BCUT2D eigenvalue weighted by molar-refractivity contribution is 5.80. The monoisotopic (exact) mass is 312 g/mol. The molecule has 1 aliphatic rings. The molecule has 1 saturated heterocycles. The van der Waals surface area contributed by atoms with Crippen LogP contribution in [0.2, 0.25) is 0 Å². The van der Waals surface area contributed by atoms with Crippen LogP contribution < -0.4 is 5.32 Å². The van der Waals surface area contributed by atoms with Gasteiger partial charge in [-0.2, -0.15) is 0 Å². The summed E-state index contributed by atoms with van der Waals surface area (Å²) in [6.07, 6.45) is 3.82. The molecule has 130 valence electrons. The average molecular weight is 313 g/mol. The van der Waals surface area contributed by atoms with Crippen LogP contribution in [0, 0.1) is 0 Å². The van der Waals surface area contributed by atoms with Gasteiger partial charge in [0.2, 0.25) is 0 Å². The number of ether oxygens (including phenoxy) is 1. The molecule has 1 aliphatic heterocycles. The van der Waals surface area contributed by atoms with Crippen LogP contribution in [0.4, 0.5) is 0 Å². The highest BCUT2D eigenvalue weighted by Crippen LogP contribution is 2.13. The van der Waals surface area contributed by atoms with Crippen LogP contribution in [0.3, 0.4) is 0 Å². The van der Waals surface area contributed by atoms with E-state index in [1.807, 2.05) is 0 Å². The van der Waals surface area contributed by atoms with Crippen molar-refractivity contribution >= 4 is 5.96 Å². The quantitative estimate of drug-likeness (QED) is 0.551. The third-order valence-electron chi connectivity index (χ3n) is 4.54. The third kappa shape index (κ3) is 6.53. The summed E-state index contributed by atoms with van der Waals surface area (Å²) in [7, 11) is 2.18. The van der Waals surface area contributed by atoms with Crippen LogP contribution >= 0.6 is 0 Å². The number of hydrogen-bond acceptors (Lipinski definition) is 3. The Bertz CT molecular complexity index is 314. The van der Waals surface area contributed by atoms with Crippen LogP contribution in [0.1, 0.15) is 47.0 Å². The molecule has 0 radical (unpaired) electrons. The van der Waals surface area contributed by atoms with Gasteiger partial charge in [0, 0.05) is 38.8 Å². The van der Waals surface area contributed by atoms with E-state index in [0.29, 0.717) is 12.1 Å². The molecule has 0 saturated carbocycles. The lowest BCUT2D eigenvalue weighted by Crippen LogP contribution is -2.47. The van der Waals surface area contributed by atoms with Crippen molar-refractivity contribution in [1.29, 1.82) is 0 Å². The molecule has 0 aromatic heterocycles. The minimum Gasteiger partial charge on any atom is -0.378 e. The number of nitrogens with one attached hydrogen (secondary N) is 1. The van der Waals surface area contributed by atoms with Crippen molar-refractivity contribution in [2.45, 2.75) is 59.1 Å². The molecule has 0 aliphatic carbocycles. The number of likely N-dealkylation sites (tertiary alicyclic amines) is 1. The first-order valence-electron chi connectivity index (χ1n) is 8.97. The largest absolute Gasteiger partial charge is 0.378 e. The van der Waals surface area contributed by atoms with E-state index in [2.05, 4.69) is 49.9 Å². The van der Waals surface area contributed by atoms with Crippen molar-refractivity contribution in [3.63, 3.8) is 0 Å². The second-order valence-corrected chi connectivity index (χ2v) is 6.12. The van der Waals surface area contributed by atoms with E-state index in [1.54, 1.807) is 0 Å². The molecule has 5 heteroatoms. The summed E-state index contributed by atoms with van der Waals surface area (Å²) in [5.74, 6) is 1.06. The lowest BCUT2D eigenvalue weighted by molar-refractivity contribution is 0.0263. The van der Waals surface area contributed by atoms with Crippen LogP contribution in [0.15, 0.2) is 4.99 Å². The maximum Gasteiger partial charge on any atom is 0.193 e. The smallest absolute Gasteiger partial charge is 0.193 e. The Hall–Kier alpha value is -0.810. The Morgan fingerprint density at radius 1 is 1.32 bits per heavy atom. The first-order valence-corrected chi connectivity index (χ1v) is 8.97. The summed E-state index contributed by atoms with van der Waals surface area (Å²) in [5.41, 5.74) is 0. The van der Waals surface area contributed by atoms with E-state index in [9.17, 15) is 0 Å². The maximum absolute atomic E-state index is 5.73. The molecule has 0 aromatic carbocycles. The molecule has 0 aromatic rings. The molecule has 1 heterocycles. The molecule has 1 rings (SSSR count). The minimum absolute atomic E-state index is 0.431.